The predicted molar refractivity (Wildman–Crippen MR) is 109 cm³/mol. The van der Waals surface area contributed by atoms with E-state index in [1.807, 2.05) is 48.5 Å². The number of nitrogens with zero attached hydrogens (tertiary/aromatic N) is 1. The Kier molecular flexibility index (Phi) is 5.26. The van der Waals surface area contributed by atoms with E-state index in [0.717, 1.165) is 22.5 Å². The van der Waals surface area contributed by atoms with Gasteiger partial charge in [0.25, 0.3) is 0 Å². The Hall–Kier alpha value is -3.26. The summed E-state index contributed by atoms with van der Waals surface area (Å²) >= 11 is 1.01. The molecule has 1 unspecified atom stereocenters. The lowest BCUT2D eigenvalue weighted by Crippen LogP contribution is -2.20. The van der Waals surface area contributed by atoms with Crippen LogP contribution in [0.15, 0.2) is 53.3 Å². The molecule has 0 aliphatic carbocycles. The van der Waals surface area contributed by atoms with Gasteiger partial charge in [-0.2, -0.15) is 0 Å². The minimum absolute atomic E-state index is 0.0700. The quantitative estimate of drug-likeness (QED) is 0.646. The summed E-state index contributed by atoms with van der Waals surface area (Å²) in [6, 6.07) is 15.2. The molecule has 2 heterocycles. The Bertz CT molecular complexity index is 1060. The highest BCUT2D eigenvalue weighted by Gasteiger charge is 2.28. The molecule has 1 amide bonds. The van der Waals surface area contributed by atoms with Gasteiger partial charge < -0.3 is 19.5 Å². The second-order valence-electron chi connectivity index (χ2n) is 6.94. The summed E-state index contributed by atoms with van der Waals surface area (Å²) in [4.78, 5) is 27.0. The van der Waals surface area contributed by atoms with Gasteiger partial charge in [0.2, 0.25) is 5.88 Å². The molecule has 4 rings (SSSR count). The predicted octanol–water partition coefficient (Wildman–Crippen LogP) is 3.52. The van der Waals surface area contributed by atoms with Crippen LogP contribution >= 0.6 is 11.3 Å². The summed E-state index contributed by atoms with van der Waals surface area (Å²) in [5.41, 5.74) is 2.04. The van der Waals surface area contributed by atoms with Crippen molar-refractivity contribution in [3.63, 3.8) is 0 Å². The third-order valence-electron chi connectivity index (χ3n) is 4.67. The molecule has 1 atom stereocenters. The number of hydrogen-bond acceptors (Lipinski definition) is 6. The van der Waals surface area contributed by atoms with E-state index in [0.29, 0.717) is 35.8 Å². The van der Waals surface area contributed by atoms with Crippen molar-refractivity contribution in [2.24, 2.45) is 0 Å². The highest BCUT2D eigenvalue weighted by atomic mass is 32.1. The number of likely N-dealkylation sites (N-methyl/N-ethyl adjacent to an activating group) is 1. The van der Waals surface area contributed by atoms with Crippen LogP contribution in [0.2, 0.25) is 0 Å². The summed E-state index contributed by atoms with van der Waals surface area (Å²) in [5.74, 6) is 1.34. The van der Waals surface area contributed by atoms with E-state index in [1.54, 1.807) is 11.9 Å². The molecule has 1 fully saturated rings. The highest BCUT2D eigenvalue weighted by Crippen LogP contribution is 2.25. The third kappa shape index (κ3) is 4.60. The third-order valence-corrected chi connectivity index (χ3v) is 5.54. The van der Waals surface area contributed by atoms with Crippen LogP contribution in [0.25, 0.3) is 0 Å². The summed E-state index contributed by atoms with van der Waals surface area (Å²) in [5, 5.41) is 9.68. The zero-order valence-corrected chi connectivity index (χ0v) is 16.6. The zero-order chi connectivity index (χ0) is 20.4. The number of cyclic esters (lactones) is 1. The number of H-pyrrole nitrogens is 1. The molecule has 1 aliphatic heterocycles. The standard InChI is InChI=1S/C21H20N2O5S/c1-23-12-17(28-21(23)26)10-13-2-6-15(7-3-13)27-16-8-4-14(5-9-16)11-18-19(24)22-20(25)29-18/h2-9,17,24H,10-12H2,1H3,(H,22,25). The van der Waals surface area contributed by atoms with Gasteiger partial charge in [-0.15, -0.1) is 0 Å². The largest absolute Gasteiger partial charge is 0.494 e. The average Bonchev–Trinajstić information content (AvgIpc) is 3.18. The maximum atomic E-state index is 11.4. The van der Waals surface area contributed by atoms with Crippen LogP contribution in [0.3, 0.4) is 0 Å². The van der Waals surface area contributed by atoms with Crippen LogP contribution in [0.4, 0.5) is 4.79 Å². The molecule has 2 aromatic carbocycles. The molecule has 0 radical (unpaired) electrons. The van der Waals surface area contributed by atoms with Gasteiger partial charge in [0.1, 0.15) is 17.6 Å². The van der Waals surface area contributed by atoms with Gasteiger partial charge in [-0.05, 0) is 35.4 Å². The van der Waals surface area contributed by atoms with Crippen molar-refractivity contribution in [3.05, 3.63) is 74.2 Å². The molecule has 3 aromatic rings. The SMILES string of the molecule is CN1CC(Cc2ccc(Oc3ccc(Cc4sc(=O)[nH]c4O)cc3)cc2)OC1=O. The van der Waals surface area contributed by atoms with Gasteiger partial charge in [0, 0.05) is 19.9 Å². The van der Waals surface area contributed by atoms with E-state index >= 15 is 0 Å². The fraction of sp³-hybridized carbons (Fsp3) is 0.238. The van der Waals surface area contributed by atoms with Gasteiger partial charge >= 0.3 is 11.0 Å². The topological polar surface area (TPSA) is 91.9 Å². The maximum absolute atomic E-state index is 11.4. The Morgan fingerprint density at radius 2 is 1.72 bits per heavy atom. The van der Waals surface area contributed by atoms with Crippen molar-refractivity contribution in [2.45, 2.75) is 18.9 Å². The fourth-order valence-electron chi connectivity index (χ4n) is 3.18. The van der Waals surface area contributed by atoms with Crippen molar-refractivity contribution in [3.8, 4) is 17.4 Å². The minimum Gasteiger partial charge on any atom is -0.494 e. The van der Waals surface area contributed by atoms with Crippen molar-refractivity contribution in [1.82, 2.24) is 9.88 Å². The molecule has 150 valence electrons. The number of rotatable bonds is 6. The number of carbonyl (C=O) groups is 1. The lowest BCUT2D eigenvalue weighted by molar-refractivity contribution is 0.134. The summed E-state index contributed by atoms with van der Waals surface area (Å²) in [6.45, 7) is 0.598. The molecule has 29 heavy (non-hydrogen) atoms. The summed E-state index contributed by atoms with van der Waals surface area (Å²) in [7, 11) is 1.73. The molecule has 0 saturated carbocycles. The molecular formula is C21H20N2O5S. The molecule has 1 aliphatic rings. The first-order chi connectivity index (χ1) is 14.0. The Morgan fingerprint density at radius 1 is 1.10 bits per heavy atom. The van der Waals surface area contributed by atoms with Crippen LogP contribution in [-0.2, 0) is 17.6 Å². The van der Waals surface area contributed by atoms with Gasteiger partial charge in [-0.25, -0.2) is 4.79 Å². The average molecular weight is 412 g/mol. The number of aromatic amines is 1. The second kappa shape index (κ2) is 8.00. The molecule has 8 heteroatoms. The molecule has 1 aromatic heterocycles. The maximum Gasteiger partial charge on any atom is 0.409 e. The number of hydrogen-bond donors (Lipinski definition) is 2. The van der Waals surface area contributed by atoms with Crippen LogP contribution < -0.4 is 9.61 Å². The van der Waals surface area contributed by atoms with Crippen LogP contribution in [-0.4, -0.2) is 40.8 Å². The fourth-order valence-corrected chi connectivity index (χ4v) is 3.94. The lowest BCUT2D eigenvalue weighted by atomic mass is 10.1. The molecule has 0 spiro atoms. The summed E-state index contributed by atoms with van der Waals surface area (Å²) < 4.78 is 11.2. The number of benzene rings is 2. The number of ether oxygens (including phenoxy) is 2. The van der Waals surface area contributed by atoms with Gasteiger partial charge in [-0.1, -0.05) is 35.6 Å². The van der Waals surface area contributed by atoms with Crippen LogP contribution in [0, 0.1) is 0 Å². The molecule has 1 saturated heterocycles. The Balaban J connectivity index is 1.35. The normalized spacial score (nSPS) is 16.1. The van der Waals surface area contributed by atoms with E-state index < -0.39 is 0 Å². The summed E-state index contributed by atoms with van der Waals surface area (Å²) in [6.07, 6.45) is 0.748. The second-order valence-corrected chi connectivity index (χ2v) is 8.01. The number of aromatic hydroxyl groups is 1. The first-order valence-corrected chi connectivity index (χ1v) is 9.96. The van der Waals surface area contributed by atoms with Crippen molar-refractivity contribution < 1.29 is 19.4 Å². The zero-order valence-electron chi connectivity index (χ0n) is 15.8. The first kappa shape index (κ1) is 19.1. The number of thiazole rings is 1. The van der Waals surface area contributed by atoms with Crippen molar-refractivity contribution in [1.29, 1.82) is 0 Å². The van der Waals surface area contributed by atoms with Gasteiger partial charge in [0.05, 0.1) is 11.4 Å². The number of carbonyl (C=O) groups excluding carboxylic acids is 1. The minimum atomic E-state index is -0.278. The van der Waals surface area contributed by atoms with Crippen molar-refractivity contribution >= 4 is 17.4 Å². The van der Waals surface area contributed by atoms with Crippen molar-refractivity contribution in [2.75, 3.05) is 13.6 Å². The van der Waals surface area contributed by atoms with Crippen LogP contribution in [0.5, 0.6) is 17.4 Å². The molecule has 0 bridgehead atoms. The van der Waals surface area contributed by atoms with Crippen LogP contribution in [0.1, 0.15) is 16.0 Å². The van der Waals surface area contributed by atoms with E-state index in [4.69, 9.17) is 9.47 Å². The monoisotopic (exact) mass is 412 g/mol. The number of aromatic nitrogens is 1. The van der Waals surface area contributed by atoms with E-state index in [-0.39, 0.29) is 23.0 Å². The smallest absolute Gasteiger partial charge is 0.409 e. The lowest BCUT2D eigenvalue weighted by Gasteiger charge is -2.10. The van der Waals surface area contributed by atoms with E-state index in [2.05, 4.69) is 4.98 Å². The Morgan fingerprint density at radius 3 is 2.24 bits per heavy atom. The van der Waals surface area contributed by atoms with E-state index in [9.17, 15) is 14.7 Å². The molecule has 7 nitrogen and oxygen atoms in total. The Labute approximate surface area is 171 Å². The highest BCUT2D eigenvalue weighted by molar-refractivity contribution is 7.09. The van der Waals surface area contributed by atoms with Gasteiger partial charge in [0.15, 0.2) is 0 Å². The first-order valence-electron chi connectivity index (χ1n) is 9.15. The molecule has 2 N–H and O–H groups in total. The van der Waals surface area contributed by atoms with Gasteiger partial charge in [-0.3, -0.25) is 9.78 Å². The number of amides is 1. The molecular weight excluding hydrogens is 392 g/mol. The number of nitrogens with one attached hydrogen (secondary N) is 1. The van der Waals surface area contributed by atoms with E-state index in [1.165, 1.54) is 0 Å².